The summed E-state index contributed by atoms with van der Waals surface area (Å²) in [7, 11) is 2.72. The van der Waals surface area contributed by atoms with Gasteiger partial charge in [0.1, 0.15) is 52.6 Å². The molecule has 0 spiro atoms. The van der Waals surface area contributed by atoms with E-state index in [2.05, 4.69) is 0 Å². The quantitative estimate of drug-likeness (QED) is 0.333. The van der Waals surface area contributed by atoms with Gasteiger partial charge in [-0.1, -0.05) is 0 Å². The first-order valence-electron chi connectivity index (χ1n) is 10.3. The molecule has 182 valence electrons. The Morgan fingerprint density at radius 3 is 2.26 bits per heavy atom. The minimum Gasteiger partial charge on any atom is -0.507 e. The normalized spacial score (nSPS) is 24.7. The van der Waals surface area contributed by atoms with Gasteiger partial charge in [-0.05, 0) is 24.3 Å². The molecule has 11 nitrogen and oxygen atoms in total. The van der Waals surface area contributed by atoms with Crippen LogP contribution < -0.4 is 19.6 Å². The first-order valence-corrected chi connectivity index (χ1v) is 10.3. The first kappa shape index (κ1) is 23.8. The number of fused-ring (bicyclic) bond motifs is 1. The van der Waals surface area contributed by atoms with E-state index >= 15 is 0 Å². The van der Waals surface area contributed by atoms with Gasteiger partial charge in [0.2, 0.25) is 17.5 Å². The first-order chi connectivity index (χ1) is 16.3. The Morgan fingerprint density at radius 2 is 1.65 bits per heavy atom. The number of phenols is 1. The van der Waals surface area contributed by atoms with Crippen LogP contribution in [0.3, 0.4) is 0 Å². The number of rotatable bonds is 6. The van der Waals surface area contributed by atoms with Crippen LogP contribution in [0.15, 0.2) is 45.6 Å². The third-order valence-electron chi connectivity index (χ3n) is 5.56. The maximum atomic E-state index is 12.9. The molecule has 0 saturated carbocycles. The topological polar surface area (TPSA) is 168 Å². The summed E-state index contributed by atoms with van der Waals surface area (Å²) in [5, 5.41) is 49.4. The van der Waals surface area contributed by atoms with Crippen molar-refractivity contribution in [2.24, 2.45) is 0 Å². The summed E-state index contributed by atoms with van der Waals surface area (Å²) in [6.07, 6.45) is -7.07. The SMILES string of the molecule is COc1cc(O)c2c(=O)c(OC)c(-c3ccc(O[C@@H]4O[C@H](CO)[C@@H](O)[C@@H](O)[C@H]4O)cc3)oc2c1. The van der Waals surface area contributed by atoms with E-state index in [1.165, 1.54) is 38.5 Å². The molecule has 1 fully saturated rings. The minimum atomic E-state index is -1.57. The Morgan fingerprint density at radius 1 is 0.941 bits per heavy atom. The number of ether oxygens (including phenoxy) is 4. The van der Waals surface area contributed by atoms with E-state index in [0.29, 0.717) is 11.3 Å². The Hall–Kier alpha value is -3.35. The van der Waals surface area contributed by atoms with Crippen molar-refractivity contribution in [2.75, 3.05) is 20.8 Å². The minimum absolute atomic E-state index is 0.0519. The molecule has 1 aromatic heterocycles. The molecule has 0 radical (unpaired) electrons. The van der Waals surface area contributed by atoms with Crippen molar-refractivity contribution in [3.8, 4) is 34.3 Å². The number of hydrogen-bond acceptors (Lipinski definition) is 11. The van der Waals surface area contributed by atoms with Crippen molar-refractivity contribution in [2.45, 2.75) is 30.7 Å². The van der Waals surface area contributed by atoms with E-state index in [-0.39, 0.29) is 34.0 Å². The third-order valence-corrected chi connectivity index (χ3v) is 5.56. The highest BCUT2D eigenvalue weighted by Crippen LogP contribution is 2.36. The van der Waals surface area contributed by atoms with Gasteiger partial charge in [0, 0.05) is 17.7 Å². The molecule has 1 aliphatic heterocycles. The molecule has 34 heavy (non-hydrogen) atoms. The highest BCUT2D eigenvalue weighted by Gasteiger charge is 2.44. The monoisotopic (exact) mass is 476 g/mol. The van der Waals surface area contributed by atoms with Crippen LogP contribution in [-0.4, -0.2) is 77.1 Å². The van der Waals surface area contributed by atoms with Gasteiger partial charge in [-0.2, -0.15) is 0 Å². The van der Waals surface area contributed by atoms with Gasteiger partial charge in [-0.25, -0.2) is 0 Å². The molecule has 5 N–H and O–H groups in total. The van der Waals surface area contributed by atoms with E-state index in [9.17, 15) is 30.3 Å². The summed E-state index contributed by atoms with van der Waals surface area (Å²) in [6, 6.07) is 8.89. The van der Waals surface area contributed by atoms with Gasteiger partial charge in [0.05, 0.1) is 20.8 Å². The molecule has 4 rings (SSSR count). The molecule has 2 heterocycles. The van der Waals surface area contributed by atoms with E-state index in [0.717, 1.165) is 0 Å². The van der Waals surface area contributed by atoms with Crippen LogP contribution in [0.2, 0.25) is 0 Å². The van der Waals surface area contributed by atoms with E-state index < -0.39 is 42.7 Å². The molecule has 1 aliphatic rings. The van der Waals surface area contributed by atoms with Crippen LogP contribution in [0.5, 0.6) is 23.0 Å². The lowest BCUT2D eigenvalue weighted by Crippen LogP contribution is -2.60. The Labute approximate surface area is 192 Å². The van der Waals surface area contributed by atoms with Crippen LogP contribution >= 0.6 is 0 Å². The molecule has 0 bridgehead atoms. The van der Waals surface area contributed by atoms with Crippen LogP contribution in [0.25, 0.3) is 22.3 Å². The number of methoxy groups -OCH3 is 2. The smallest absolute Gasteiger partial charge is 0.239 e. The average molecular weight is 476 g/mol. The van der Waals surface area contributed by atoms with Gasteiger partial charge in [-0.3, -0.25) is 4.79 Å². The highest BCUT2D eigenvalue weighted by atomic mass is 16.7. The molecule has 0 unspecified atom stereocenters. The summed E-state index contributed by atoms with van der Waals surface area (Å²) in [4.78, 5) is 12.9. The average Bonchev–Trinajstić information content (AvgIpc) is 2.84. The van der Waals surface area contributed by atoms with Crippen LogP contribution in [0, 0.1) is 0 Å². The Bertz CT molecular complexity index is 1220. The second-order valence-electron chi connectivity index (χ2n) is 7.65. The van der Waals surface area contributed by atoms with Crippen molar-refractivity contribution in [3.63, 3.8) is 0 Å². The molecular weight excluding hydrogens is 452 g/mol. The maximum Gasteiger partial charge on any atom is 0.239 e. The number of aliphatic hydroxyl groups excluding tert-OH is 4. The Kier molecular flexibility index (Phi) is 6.64. The van der Waals surface area contributed by atoms with Crippen LogP contribution in [-0.2, 0) is 4.74 Å². The number of hydrogen-bond donors (Lipinski definition) is 5. The fourth-order valence-electron chi connectivity index (χ4n) is 3.73. The summed E-state index contributed by atoms with van der Waals surface area (Å²) in [5.74, 6) is 0.209. The lowest BCUT2D eigenvalue weighted by atomic mass is 9.99. The van der Waals surface area contributed by atoms with E-state index in [1.807, 2.05) is 0 Å². The second kappa shape index (κ2) is 9.49. The van der Waals surface area contributed by atoms with Crippen molar-refractivity contribution in [1.29, 1.82) is 0 Å². The highest BCUT2D eigenvalue weighted by molar-refractivity contribution is 5.88. The zero-order chi connectivity index (χ0) is 24.6. The maximum absolute atomic E-state index is 12.9. The number of benzene rings is 2. The Balaban J connectivity index is 1.66. The van der Waals surface area contributed by atoms with E-state index in [1.54, 1.807) is 12.1 Å². The van der Waals surface area contributed by atoms with Gasteiger partial charge >= 0.3 is 0 Å². The summed E-state index contributed by atoms with van der Waals surface area (Å²) in [5.41, 5.74) is -0.0286. The molecule has 0 amide bonds. The third kappa shape index (κ3) is 4.15. The van der Waals surface area contributed by atoms with E-state index in [4.69, 9.17) is 23.4 Å². The fraction of sp³-hybridized carbons (Fsp3) is 0.348. The number of aliphatic hydroxyl groups is 4. The van der Waals surface area contributed by atoms with Crippen molar-refractivity contribution < 1.29 is 48.9 Å². The zero-order valence-electron chi connectivity index (χ0n) is 18.2. The standard InChI is InChI=1S/C23H24O11/c1-30-12-7-13(25)16-14(8-12)33-21(22(31-2)18(16)27)10-3-5-11(6-4-10)32-23-20(29)19(28)17(26)15(9-24)34-23/h3-8,15,17,19-20,23-26,28-29H,9H2,1-2H3/t15-,17-,19-,20-,23-/m1/s1. The van der Waals surface area contributed by atoms with Crippen LogP contribution in [0.1, 0.15) is 0 Å². The van der Waals surface area contributed by atoms with Gasteiger partial charge in [0.15, 0.2) is 5.76 Å². The van der Waals surface area contributed by atoms with Gasteiger partial charge < -0.3 is 48.9 Å². The van der Waals surface area contributed by atoms with Crippen molar-refractivity contribution in [3.05, 3.63) is 46.6 Å². The largest absolute Gasteiger partial charge is 0.507 e. The molecule has 2 aromatic carbocycles. The van der Waals surface area contributed by atoms with Crippen molar-refractivity contribution in [1.82, 2.24) is 0 Å². The van der Waals surface area contributed by atoms with Crippen molar-refractivity contribution >= 4 is 11.0 Å². The predicted octanol–water partition coefficient (Wildman–Crippen LogP) is 0.361. The predicted molar refractivity (Wildman–Crippen MR) is 117 cm³/mol. The van der Waals surface area contributed by atoms with Gasteiger partial charge in [0.25, 0.3) is 0 Å². The van der Waals surface area contributed by atoms with Gasteiger partial charge in [-0.15, -0.1) is 0 Å². The molecule has 11 heteroatoms. The molecule has 3 aromatic rings. The fourth-order valence-corrected chi connectivity index (χ4v) is 3.73. The molecule has 0 aliphatic carbocycles. The molecular formula is C23H24O11. The lowest BCUT2D eigenvalue weighted by Gasteiger charge is -2.39. The second-order valence-corrected chi connectivity index (χ2v) is 7.65. The summed E-state index contributed by atoms with van der Waals surface area (Å²) in [6.45, 7) is -0.578. The zero-order valence-corrected chi connectivity index (χ0v) is 18.2. The molecule has 1 saturated heterocycles. The number of aromatic hydroxyl groups is 1. The number of phenolic OH excluding ortho intramolecular Hbond substituents is 1. The summed E-state index contributed by atoms with van der Waals surface area (Å²) < 4.78 is 27.2. The summed E-state index contributed by atoms with van der Waals surface area (Å²) >= 11 is 0. The molecule has 5 atom stereocenters. The lowest BCUT2D eigenvalue weighted by molar-refractivity contribution is -0.277. The van der Waals surface area contributed by atoms with Crippen LogP contribution in [0.4, 0.5) is 0 Å².